The highest BCUT2D eigenvalue weighted by Crippen LogP contribution is 2.00. The molecule has 6 nitrogen and oxygen atoms in total. The number of hydrogen-bond acceptors (Lipinski definition) is 4. The topological polar surface area (TPSA) is 84.7 Å². The van der Waals surface area contributed by atoms with Crippen molar-refractivity contribution < 1.29 is 14.3 Å². The normalized spacial score (nSPS) is 11.7. The van der Waals surface area contributed by atoms with Gasteiger partial charge in [0.2, 0.25) is 11.8 Å². The van der Waals surface area contributed by atoms with Crippen molar-refractivity contribution in [1.82, 2.24) is 10.3 Å². The molecule has 1 aromatic carbocycles. The Kier molecular flexibility index (Phi) is 5.98. The number of benzene rings is 1. The quantitative estimate of drug-likeness (QED) is 0.432. The smallest absolute Gasteiger partial charge is 0.247 e. The lowest BCUT2D eigenvalue weighted by molar-refractivity contribution is -0.141. The standard InChI is InChI=1S/C13H19N3O3/c1-10(17)16(14)12(9-19-2)13(18)15-8-11-6-4-3-5-7-11/h3-7,12H,8-9,14H2,1-2H3,(H,15,18). The average Bonchev–Trinajstić information content (AvgIpc) is 2.42. The van der Waals surface area contributed by atoms with E-state index in [1.54, 1.807) is 0 Å². The van der Waals surface area contributed by atoms with E-state index >= 15 is 0 Å². The molecule has 19 heavy (non-hydrogen) atoms. The second kappa shape index (κ2) is 7.50. The van der Waals surface area contributed by atoms with Crippen LogP contribution in [0.4, 0.5) is 0 Å². The summed E-state index contributed by atoms with van der Waals surface area (Å²) in [7, 11) is 1.45. The lowest BCUT2D eigenvalue weighted by Gasteiger charge is -2.24. The van der Waals surface area contributed by atoms with Gasteiger partial charge in [0.1, 0.15) is 6.04 Å². The van der Waals surface area contributed by atoms with Crippen LogP contribution in [0.3, 0.4) is 0 Å². The van der Waals surface area contributed by atoms with Crippen molar-refractivity contribution in [2.45, 2.75) is 19.5 Å². The van der Waals surface area contributed by atoms with E-state index in [1.807, 2.05) is 30.3 Å². The lowest BCUT2D eigenvalue weighted by Crippen LogP contribution is -2.54. The predicted octanol–water partition coefficient (Wildman–Crippen LogP) is 0.0400. The van der Waals surface area contributed by atoms with Crippen molar-refractivity contribution >= 4 is 11.8 Å². The fraction of sp³-hybridized carbons (Fsp3) is 0.385. The van der Waals surface area contributed by atoms with Gasteiger partial charge in [0, 0.05) is 20.6 Å². The Bertz CT molecular complexity index is 422. The van der Waals surface area contributed by atoms with Crippen LogP contribution in [0.2, 0.25) is 0 Å². The van der Waals surface area contributed by atoms with Crippen molar-refractivity contribution in [3.8, 4) is 0 Å². The molecule has 1 atom stereocenters. The van der Waals surface area contributed by atoms with E-state index in [1.165, 1.54) is 14.0 Å². The highest BCUT2D eigenvalue weighted by atomic mass is 16.5. The lowest BCUT2D eigenvalue weighted by atomic mass is 10.2. The molecule has 0 bridgehead atoms. The van der Waals surface area contributed by atoms with Gasteiger partial charge >= 0.3 is 0 Å². The number of nitrogens with one attached hydrogen (secondary N) is 1. The van der Waals surface area contributed by atoms with E-state index in [0.29, 0.717) is 6.54 Å². The third-order valence-electron chi connectivity index (χ3n) is 2.64. The summed E-state index contributed by atoms with van der Waals surface area (Å²) in [5, 5.41) is 3.61. The number of hydrogen-bond donors (Lipinski definition) is 2. The predicted molar refractivity (Wildman–Crippen MR) is 70.7 cm³/mol. The molecule has 0 radical (unpaired) electrons. The largest absolute Gasteiger partial charge is 0.382 e. The first-order valence-electron chi connectivity index (χ1n) is 5.91. The average molecular weight is 265 g/mol. The van der Waals surface area contributed by atoms with Crippen LogP contribution >= 0.6 is 0 Å². The Morgan fingerprint density at radius 2 is 2.00 bits per heavy atom. The number of carbonyl (C=O) groups excluding carboxylic acids is 2. The maximum Gasteiger partial charge on any atom is 0.247 e. The number of methoxy groups -OCH3 is 1. The number of carbonyl (C=O) groups is 2. The summed E-state index contributed by atoms with van der Waals surface area (Å²) in [5.74, 6) is 4.82. The highest BCUT2D eigenvalue weighted by molar-refractivity contribution is 5.86. The fourth-order valence-corrected chi connectivity index (χ4v) is 1.56. The number of hydrazine groups is 1. The second-order valence-electron chi connectivity index (χ2n) is 4.10. The van der Waals surface area contributed by atoms with Gasteiger partial charge in [0.05, 0.1) is 6.61 Å². The van der Waals surface area contributed by atoms with Crippen LogP contribution < -0.4 is 11.2 Å². The molecule has 0 heterocycles. The first-order valence-corrected chi connectivity index (χ1v) is 5.91. The van der Waals surface area contributed by atoms with Gasteiger partial charge in [-0.15, -0.1) is 0 Å². The number of ether oxygens (including phenoxy) is 1. The number of nitrogens with zero attached hydrogens (tertiary/aromatic N) is 1. The molecule has 1 aromatic rings. The molecule has 2 amide bonds. The third-order valence-corrected chi connectivity index (χ3v) is 2.64. The van der Waals surface area contributed by atoms with Gasteiger partial charge in [0.15, 0.2) is 0 Å². The Hall–Kier alpha value is -1.92. The minimum absolute atomic E-state index is 0.0523. The van der Waals surface area contributed by atoms with Crippen LogP contribution in [-0.2, 0) is 20.9 Å². The summed E-state index contributed by atoms with van der Waals surface area (Å²) in [4.78, 5) is 23.2. The van der Waals surface area contributed by atoms with Crippen LogP contribution in [0.5, 0.6) is 0 Å². The molecule has 1 rings (SSSR count). The molecule has 6 heteroatoms. The molecule has 0 spiro atoms. The van der Waals surface area contributed by atoms with Crippen molar-refractivity contribution in [1.29, 1.82) is 0 Å². The summed E-state index contributed by atoms with van der Waals surface area (Å²) in [6.07, 6.45) is 0. The number of nitrogens with two attached hydrogens (primary N) is 1. The molecule has 3 N–H and O–H groups in total. The summed E-state index contributed by atoms with van der Waals surface area (Å²) in [6, 6.07) is 8.65. The Morgan fingerprint density at radius 1 is 1.37 bits per heavy atom. The molecular weight excluding hydrogens is 246 g/mol. The van der Waals surface area contributed by atoms with Crippen molar-refractivity contribution in [3.05, 3.63) is 35.9 Å². The van der Waals surface area contributed by atoms with Gasteiger partial charge in [-0.2, -0.15) is 0 Å². The SMILES string of the molecule is COCC(C(=O)NCc1ccccc1)N(N)C(C)=O. The second-order valence-corrected chi connectivity index (χ2v) is 4.10. The molecular formula is C13H19N3O3. The van der Waals surface area contributed by atoms with Crippen LogP contribution in [0, 0.1) is 0 Å². The molecule has 0 fully saturated rings. The van der Waals surface area contributed by atoms with Crippen LogP contribution in [0.15, 0.2) is 30.3 Å². The van der Waals surface area contributed by atoms with Crippen molar-refractivity contribution in [2.24, 2.45) is 5.84 Å². The zero-order valence-corrected chi connectivity index (χ0v) is 11.1. The molecule has 0 aliphatic heterocycles. The van der Waals surface area contributed by atoms with Crippen molar-refractivity contribution in [2.75, 3.05) is 13.7 Å². The Balaban J connectivity index is 2.60. The Morgan fingerprint density at radius 3 is 2.53 bits per heavy atom. The maximum absolute atomic E-state index is 12.0. The maximum atomic E-state index is 12.0. The summed E-state index contributed by atoms with van der Waals surface area (Å²) in [5.41, 5.74) is 0.971. The molecule has 0 aliphatic carbocycles. The van der Waals surface area contributed by atoms with E-state index in [2.05, 4.69) is 5.32 Å². The summed E-state index contributed by atoms with van der Waals surface area (Å²) >= 11 is 0. The minimum Gasteiger partial charge on any atom is -0.382 e. The van der Waals surface area contributed by atoms with Crippen molar-refractivity contribution in [3.63, 3.8) is 0 Å². The summed E-state index contributed by atoms with van der Waals surface area (Å²) < 4.78 is 4.91. The van der Waals surface area contributed by atoms with Crippen LogP contribution in [-0.4, -0.2) is 36.6 Å². The fourth-order valence-electron chi connectivity index (χ4n) is 1.56. The molecule has 0 saturated heterocycles. The third kappa shape index (κ3) is 4.69. The van der Waals surface area contributed by atoms with E-state index in [-0.39, 0.29) is 12.5 Å². The summed E-state index contributed by atoms with van der Waals surface area (Å²) in [6.45, 7) is 1.73. The highest BCUT2D eigenvalue weighted by Gasteiger charge is 2.25. The first-order chi connectivity index (χ1) is 9.06. The monoisotopic (exact) mass is 265 g/mol. The van der Waals surface area contributed by atoms with E-state index in [0.717, 1.165) is 10.6 Å². The zero-order chi connectivity index (χ0) is 14.3. The van der Waals surface area contributed by atoms with Gasteiger partial charge in [-0.3, -0.25) is 14.6 Å². The molecule has 0 saturated carbocycles. The molecule has 1 unspecified atom stereocenters. The Labute approximate surface area is 112 Å². The van der Waals surface area contributed by atoms with E-state index < -0.39 is 11.9 Å². The van der Waals surface area contributed by atoms with Crippen LogP contribution in [0.25, 0.3) is 0 Å². The zero-order valence-electron chi connectivity index (χ0n) is 11.1. The minimum atomic E-state index is -0.828. The van der Waals surface area contributed by atoms with Gasteiger partial charge < -0.3 is 10.1 Å². The number of rotatable bonds is 6. The van der Waals surface area contributed by atoms with E-state index in [4.69, 9.17) is 10.6 Å². The first kappa shape index (κ1) is 15.1. The van der Waals surface area contributed by atoms with Crippen LogP contribution in [0.1, 0.15) is 12.5 Å². The van der Waals surface area contributed by atoms with Gasteiger partial charge in [-0.25, -0.2) is 5.84 Å². The number of amides is 2. The molecule has 104 valence electrons. The molecule has 0 aliphatic rings. The van der Waals surface area contributed by atoms with Gasteiger partial charge in [-0.1, -0.05) is 30.3 Å². The van der Waals surface area contributed by atoms with E-state index in [9.17, 15) is 9.59 Å². The van der Waals surface area contributed by atoms with Gasteiger partial charge in [0.25, 0.3) is 0 Å². The molecule has 0 aromatic heterocycles. The van der Waals surface area contributed by atoms with Gasteiger partial charge in [-0.05, 0) is 5.56 Å².